The van der Waals surface area contributed by atoms with E-state index in [9.17, 15) is 4.79 Å². The lowest BCUT2D eigenvalue weighted by Gasteiger charge is -2.09. The van der Waals surface area contributed by atoms with Crippen molar-refractivity contribution >= 4 is 22.9 Å². The molecule has 27 heavy (non-hydrogen) atoms. The molecule has 4 rings (SSSR count). The second-order valence-corrected chi connectivity index (χ2v) is 7.34. The molecular weight excluding hydrogens is 354 g/mol. The fraction of sp³-hybridized carbons (Fsp3) is 0.0909. The fourth-order valence-electron chi connectivity index (χ4n) is 2.87. The van der Waals surface area contributed by atoms with Crippen LogP contribution in [0.2, 0.25) is 0 Å². The lowest BCUT2D eigenvalue weighted by molar-refractivity contribution is 0.101. The Labute approximate surface area is 162 Å². The van der Waals surface area contributed by atoms with Crippen molar-refractivity contribution in [1.82, 2.24) is 9.78 Å². The first kappa shape index (κ1) is 17.2. The molecule has 4 aromatic rings. The number of thiophene rings is 1. The van der Waals surface area contributed by atoms with Gasteiger partial charge < -0.3 is 5.32 Å². The second-order valence-electron chi connectivity index (χ2n) is 6.39. The number of hydrogen-bond donors (Lipinski definition) is 1. The van der Waals surface area contributed by atoms with Crippen LogP contribution >= 0.6 is 11.3 Å². The van der Waals surface area contributed by atoms with E-state index in [1.807, 2.05) is 79.0 Å². The molecule has 4 nitrogen and oxygen atoms in total. The van der Waals surface area contributed by atoms with Crippen LogP contribution in [0.15, 0.2) is 72.1 Å². The van der Waals surface area contributed by atoms with Crippen LogP contribution in [0.4, 0.5) is 5.69 Å². The summed E-state index contributed by atoms with van der Waals surface area (Å²) in [6.45, 7) is 4.09. The number of carbonyl (C=O) groups excluding carboxylic acids is 1. The zero-order valence-corrected chi connectivity index (χ0v) is 16.0. The number of aromatic nitrogens is 2. The highest BCUT2D eigenvalue weighted by molar-refractivity contribution is 7.13. The fourth-order valence-corrected chi connectivity index (χ4v) is 3.55. The van der Waals surface area contributed by atoms with Gasteiger partial charge in [0.1, 0.15) is 11.4 Å². The molecule has 2 heterocycles. The van der Waals surface area contributed by atoms with E-state index in [1.165, 1.54) is 5.56 Å². The maximum absolute atomic E-state index is 13.0. The van der Waals surface area contributed by atoms with Gasteiger partial charge in [-0.2, -0.15) is 5.10 Å². The van der Waals surface area contributed by atoms with Crippen molar-refractivity contribution in [2.24, 2.45) is 0 Å². The molecule has 134 valence electrons. The van der Waals surface area contributed by atoms with Crippen molar-refractivity contribution in [2.75, 3.05) is 5.32 Å². The first-order valence-corrected chi connectivity index (χ1v) is 9.58. The second kappa shape index (κ2) is 7.21. The molecule has 0 unspecified atom stereocenters. The Hall–Kier alpha value is -3.18. The van der Waals surface area contributed by atoms with Gasteiger partial charge in [0.2, 0.25) is 0 Å². The van der Waals surface area contributed by atoms with E-state index < -0.39 is 0 Å². The smallest absolute Gasteiger partial charge is 0.274 e. The molecule has 2 aromatic heterocycles. The molecule has 0 bridgehead atoms. The summed E-state index contributed by atoms with van der Waals surface area (Å²) in [5, 5.41) is 9.69. The summed E-state index contributed by atoms with van der Waals surface area (Å²) in [4.78, 5) is 14.1. The van der Waals surface area contributed by atoms with E-state index in [0.717, 1.165) is 27.5 Å². The monoisotopic (exact) mass is 373 g/mol. The van der Waals surface area contributed by atoms with Gasteiger partial charge in [-0.25, -0.2) is 4.68 Å². The quantitative estimate of drug-likeness (QED) is 0.515. The molecule has 1 amide bonds. The lowest BCUT2D eigenvalue weighted by Crippen LogP contribution is -2.17. The summed E-state index contributed by atoms with van der Waals surface area (Å²) in [6, 6.07) is 21.5. The van der Waals surface area contributed by atoms with Gasteiger partial charge in [0.25, 0.3) is 5.91 Å². The third-order valence-electron chi connectivity index (χ3n) is 4.48. The first-order chi connectivity index (χ1) is 13.1. The minimum absolute atomic E-state index is 0.183. The standard InChI is InChI=1S/C22H19N3OS/c1-15-10-11-17(13-16(15)2)23-22(26)20-14-19(21-9-6-12-27-21)24-25(20)18-7-4-3-5-8-18/h3-14H,1-2H3,(H,23,26). The molecule has 0 atom stereocenters. The summed E-state index contributed by atoms with van der Waals surface area (Å²) >= 11 is 1.60. The van der Waals surface area contributed by atoms with Gasteiger partial charge in [-0.15, -0.1) is 11.3 Å². The summed E-state index contributed by atoms with van der Waals surface area (Å²) in [5.41, 5.74) is 5.26. The lowest BCUT2D eigenvalue weighted by atomic mass is 10.1. The van der Waals surface area contributed by atoms with Crippen LogP contribution in [-0.2, 0) is 0 Å². The molecule has 0 aliphatic carbocycles. The Bertz CT molecular complexity index is 1080. The Morgan fingerprint density at radius 2 is 1.78 bits per heavy atom. The van der Waals surface area contributed by atoms with Gasteiger partial charge in [-0.3, -0.25) is 4.79 Å². The van der Waals surface area contributed by atoms with E-state index in [1.54, 1.807) is 16.0 Å². The van der Waals surface area contributed by atoms with Gasteiger partial charge in [-0.1, -0.05) is 30.3 Å². The maximum atomic E-state index is 13.0. The largest absolute Gasteiger partial charge is 0.321 e. The zero-order valence-electron chi connectivity index (χ0n) is 15.1. The van der Waals surface area contributed by atoms with E-state index in [0.29, 0.717) is 5.69 Å². The minimum atomic E-state index is -0.183. The van der Waals surface area contributed by atoms with Crippen LogP contribution in [0.5, 0.6) is 0 Å². The molecular formula is C22H19N3OS. The average Bonchev–Trinajstić information content (AvgIpc) is 3.35. The SMILES string of the molecule is Cc1ccc(NC(=O)c2cc(-c3cccs3)nn2-c2ccccc2)cc1C. The molecule has 0 fully saturated rings. The maximum Gasteiger partial charge on any atom is 0.274 e. The minimum Gasteiger partial charge on any atom is -0.321 e. The summed E-state index contributed by atoms with van der Waals surface area (Å²) in [6.07, 6.45) is 0. The van der Waals surface area contributed by atoms with Gasteiger partial charge in [-0.05, 0) is 66.8 Å². The summed E-state index contributed by atoms with van der Waals surface area (Å²) in [5.74, 6) is -0.183. The number of nitrogens with zero attached hydrogens (tertiary/aromatic N) is 2. The van der Waals surface area contributed by atoms with Crippen LogP contribution in [0.1, 0.15) is 21.6 Å². The van der Waals surface area contributed by atoms with Gasteiger partial charge >= 0.3 is 0 Å². The number of benzene rings is 2. The van der Waals surface area contributed by atoms with Crippen LogP contribution in [0.3, 0.4) is 0 Å². The Morgan fingerprint density at radius 3 is 2.48 bits per heavy atom. The number of amides is 1. The average molecular weight is 373 g/mol. The number of anilines is 1. The normalized spacial score (nSPS) is 10.7. The summed E-state index contributed by atoms with van der Waals surface area (Å²) in [7, 11) is 0. The zero-order chi connectivity index (χ0) is 18.8. The highest BCUT2D eigenvalue weighted by Gasteiger charge is 2.18. The number of hydrogen-bond acceptors (Lipinski definition) is 3. The van der Waals surface area contributed by atoms with Crippen LogP contribution in [-0.4, -0.2) is 15.7 Å². The summed E-state index contributed by atoms with van der Waals surface area (Å²) < 4.78 is 1.70. The number of aryl methyl sites for hydroxylation is 2. The molecule has 0 radical (unpaired) electrons. The first-order valence-electron chi connectivity index (χ1n) is 8.70. The van der Waals surface area contributed by atoms with Gasteiger partial charge in [0, 0.05) is 5.69 Å². The Kier molecular flexibility index (Phi) is 4.60. The van der Waals surface area contributed by atoms with Crippen molar-refractivity contribution in [3.05, 3.63) is 88.9 Å². The third-order valence-corrected chi connectivity index (χ3v) is 5.37. The third kappa shape index (κ3) is 3.55. The molecule has 0 spiro atoms. The highest BCUT2D eigenvalue weighted by atomic mass is 32.1. The molecule has 1 N–H and O–H groups in total. The topological polar surface area (TPSA) is 46.9 Å². The van der Waals surface area contributed by atoms with Crippen molar-refractivity contribution < 1.29 is 4.79 Å². The van der Waals surface area contributed by atoms with Crippen molar-refractivity contribution in [3.63, 3.8) is 0 Å². The number of nitrogens with one attached hydrogen (secondary N) is 1. The molecule has 0 saturated heterocycles. The number of carbonyl (C=O) groups is 1. The van der Waals surface area contributed by atoms with Crippen LogP contribution in [0, 0.1) is 13.8 Å². The Balaban J connectivity index is 1.73. The van der Waals surface area contributed by atoms with Crippen LogP contribution < -0.4 is 5.32 Å². The van der Waals surface area contributed by atoms with E-state index in [2.05, 4.69) is 17.3 Å². The molecule has 0 saturated carbocycles. The molecule has 0 aliphatic heterocycles. The van der Waals surface area contributed by atoms with Gasteiger partial charge in [0.15, 0.2) is 0 Å². The highest BCUT2D eigenvalue weighted by Crippen LogP contribution is 2.26. The Morgan fingerprint density at radius 1 is 0.963 bits per heavy atom. The molecule has 0 aliphatic rings. The number of para-hydroxylation sites is 1. The van der Waals surface area contributed by atoms with Crippen molar-refractivity contribution in [2.45, 2.75) is 13.8 Å². The van der Waals surface area contributed by atoms with Crippen molar-refractivity contribution in [3.8, 4) is 16.3 Å². The molecule has 2 aromatic carbocycles. The van der Waals surface area contributed by atoms with Crippen LogP contribution in [0.25, 0.3) is 16.3 Å². The van der Waals surface area contributed by atoms with E-state index >= 15 is 0 Å². The van der Waals surface area contributed by atoms with E-state index in [4.69, 9.17) is 0 Å². The predicted octanol–water partition coefficient (Wildman–Crippen LogP) is 5.47. The molecule has 5 heteroatoms. The van der Waals surface area contributed by atoms with Crippen molar-refractivity contribution in [1.29, 1.82) is 0 Å². The van der Waals surface area contributed by atoms with E-state index in [-0.39, 0.29) is 5.91 Å². The van der Waals surface area contributed by atoms with Gasteiger partial charge in [0.05, 0.1) is 10.6 Å². The predicted molar refractivity (Wildman–Crippen MR) is 111 cm³/mol. The number of rotatable bonds is 4.